The summed E-state index contributed by atoms with van der Waals surface area (Å²) < 4.78 is 10.9. The van der Waals surface area contributed by atoms with Crippen LogP contribution in [-0.2, 0) is 6.61 Å². The summed E-state index contributed by atoms with van der Waals surface area (Å²) in [6.07, 6.45) is 0. The standard InChI is InChI=1S/C22H23NO3S/c1-15(2)17-4-6-18(7-5-17)23-22(24)21-12-16(14-27-21)13-26-20-10-8-19(25-3)9-11-20/h4-12,14-15H,13H2,1-3H3,(H,23,24). The minimum absolute atomic E-state index is 0.104. The molecule has 1 N–H and O–H groups in total. The monoisotopic (exact) mass is 381 g/mol. The number of amides is 1. The molecular weight excluding hydrogens is 358 g/mol. The van der Waals surface area contributed by atoms with Crippen molar-refractivity contribution in [3.05, 3.63) is 76.0 Å². The zero-order valence-electron chi connectivity index (χ0n) is 15.7. The zero-order chi connectivity index (χ0) is 19.2. The summed E-state index contributed by atoms with van der Waals surface area (Å²) in [6, 6.07) is 17.3. The van der Waals surface area contributed by atoms with E-state index in [-0.39, 0.29) is 5.91 Å². The minimum Gasteiger partial charge on any atom is -0.497 e. The van der Waals surface area contributed by atoms with Gasteiger partial charge in [0.2, 0.25) is 0 Å². The molecule has 3 aromatic rings. The Morgan fingerprint density at radius 2 is 1.70 bits per heavy atom. The van der Waals surface area contributed by atoms with Gasteiger partial charge in [-0.15, -0.1) is 11.3 Å². The van der Waals surface area contributed by atoms with E-state index in [2.05, 4.69) is 19.2 Å². The Morgan fingerprint density at radius 1 is 1.04 bits per heavy atom. The summed E-state index contributed by atoms with van der Waals surface area (Å²) in [5.74, 6) is 1.92. The largest absolute Gasteiger partial charge is 0.497 e. The van der Waals surface area contributed by atoms with E-state index in [1.165, 1.54) is 16.9 Å². The maximum absolute atomic E-state index is 12.4. The molecule has 0 aliphatic rings. The van der Waals surface area contributed by atoms with E-state index in [1.54, 1.807) is 7.11 Å². The normalized spacial score (nSPS) is 10.7. The Morgan fingerprint density at radius 3 is 2.33 bits per heavy atom. The molecule has 0 unspecified atom stereocenters. The van der Waals surface area contributed by atoms with Crippen molar-refractivity contribution in [2.75, 3.05) is 12.4 Å². The fourth-order valence-electron chi connectivity index (χ4n) is 2.55. The van der Waals surface area contributed by atoms with Gasteiger partial charge in [-0.25, -0.2) is 0 Å². The molecule has 140 valence electrons. The van der Waals surface area contributed by atoms with Crippen molar-refractivity contribution in [2.24, 2.45) is 0 Å². The van der Waals surface area contributed by atoms with Crippen molar-refractivity contribution < 1.29 is 14.3 Å². The van der Waals surface area contributed by atoms with Crippen molar-refractivity contribution in [1.29, 1.82) is 0 Å². The van der Waals surface area contributed by atoms with Gasteiger partial charge in [-0.2, -0.15) is 0 Å². The molecular formula is C22H23NO3S. The highest BCUT2D eigenvalue weighted by Gasteiger charge is 2.10. The van der Waals surface area contributed by atoms with Gasteiger partial charge < -0.3 is 14.8 Å². The lowest BCUT2D eigenvalue weighted by Gasteiger charge is -2.07. The van der Waals surface area contributed by atoms with Crippen LogP contribution >= 0.6 is 11.3 Å². The smallest absolute Gasteiger partial charge is 0.265 e. The molecule has 0 saturated heterocycles. The quantitative estimate of drug-likeness (QED) is 0.570. The van der Waals surface area contributed by atoms with E-state index < -0.39 is 0 Å². The third kappa shape index (κ3) is 5.11. The molecule has 1 heterocycles. The fraction of sp³-hybridized carbons (Fsp3) is 0.227. The van der Waals surface area contributed by atoms with Crippen molar-refractivity contribution in [2.45, 2.75) is 26.4 Å². The number of benzene rings is 2. The number of hydrogen-bond donors (Lipinski definition) is 1. The molecule has 0 aliphatic carbocycles. The lowest BCUT2D eigenvalue weighted by molar-refractivity contribution is 0.103. The molecule has 0 fully saturated rings. The number of carbonyl (C=O) groups excluding carboxylic acids is 1. The maximum Gasteiger partial charge on any atom is 0.265 e. The van der Waals surface area contributed by atoms with Gasteiger partial charge >= 0.3 is 0 Å². The van der Waals surface area contributed by atoms with Crippen LogP contribution in [0.3, 0.4) is 0 Å². The van der Waals surface area contributed by atoms with Crippen LogP contribution in [0.5, 0.6) is 11.5 Å². The number of nitrogens with one attached hydrogen (secondary N) is 1. The molecule has 0 aliphatic heterocycles. The van der Waals surface area contributed by atoms with Crippen LogP contribution in [-0.4, -0.2) is 13.0 Å². The molecule has 0 radical (unpaired) electrons. The molecule has 5 heteroatoms. The van der Waals surface area contributed by atoms with Crippen LogP contribution in [0.4, 0.5) is 5.69 Å². The highest BCUT2D eigenvalue weighted by molar-refractivity contribution is 7.12. The zero-order valence-corrected chi connectivity index (χ0v) is 16.5. The summed E-state index contributed by atoms with van der Waals surface area (Å²) >= 11 is 1.41. The van der Waals surface area contributed by atoms with Crippen LogP contribution in [0.1, 0.15) is 40.6 Å². The number of hydrogen-bond acceptors (Lipinski definition) is 4. The van der Waals surface area contributed by atoms with Crippen LogP contribution in [0.25, 0.3) is 0 Å². The lowest BCUT2D eigenvalue weighted by Crippen LogP contribution is -2.10. The van der Waals surface area contributed by atoms with Gasteiger partial charge in [-0.1, -0.05) is 26.0 Å². The number of carbonyl (C=O) groups is 1. The average Bonchev–Trinajstić information content (AvgIpc) is 3.16. The Balaban J connectivity index is 1.56. The van der Waals surface area contributed by atoms with Crippen LogP contribution < -0.4 is 14.8 Å². The van der Waals surface area contributed by atoms with E-state index >= 15 is 0 Å². The summed E-state index contributed by atoms with van der Waals surface area (Å²) in [5.41, 5.74) is 3.02. The lowest BCUT2D eigenvalue weighted by atomic mass is 10.0. The second-order valence-electron chi connectivity index (χ2n) is 6.51. The topological polar surface area (TPSA) is 47.6 Å². The summed E-state index contributed by atoms with van der Waals surface area (Å²) in [6.45, 7) is 4.71. The van der Waals surface area contributed by atoms with Gasteiger partial charge in [0.1, 0.15) is 18.1 Å². The third-order valence-corrected chi connectivity index (χ3v) is 5.16. The first kappa shape index (κ1) is 19.0. The third-order valence-electron chi connectivity index (χ3n) is 4.18. The van der Waals surface area contributed by atoms with Gasteiger partial charge in [-0.05, 0) is 59.3 Å². The van der Waals surface area contributed by atoms with Crippen molar-refractivity contribution >= 4 is 22.9 Å². The highest BCUT2D eigenvalue weighted by Crippen LogP contribution is 2.22. The van der Waals surface area contributed by atoms with Crippen LogP contribution in [0.15, 0.2) is 60.0 Å². The maximum atomic E-state index is 12.4. The predicted molar refractivity (Wildman–Crippen MR) is 110 cm³/mol. The second kappa shape index (κ2) is 8.73. The molecule has 1 amide bonds. The van der Waals surface area contributed by atoms with Gasteiger partial charge in [0.05, 0.1) is 12.0 Å². The van der Waals surface area contributed by atoms with E-state index in [9.17, 15) is 4.79 Å². The number of anilines is 1. The molecule has 0 atom stereocenters. The molecule has 3 rings (SSSR count). The Labute approximate surface area is 163 Å². The summed E-state index contributed by atoms with van der Waals surface area (Å²) in [4.78, 5) is 13.1. The van der Waals surface area contributed by atoms with E-state index in [4.69, 9.17) is 9.47 Å². The molecule has 0 spiro atoms. The fourth-order valence-corrected chi connectivity index (χ4v) is 3.34. The highest BCUT2D eigenvalue weighted by atomic mass is 32.1. The van der Waals surface area contributed by atoms with Gasteiger partial charge in [0.25, 0.3) is 5.91 Å². The first-order valence-corrected chi connectivity index (χ1v) is 9.68. The van der Waals surface area contributed by atoms with E-state index in [0.717, 1.165) is 22.7 Å². The predicted octanol–water partition coefficient (Wildman–Crippen LogP) is 5.71. The second-order valence-corrected chi connectivity index (χ2v) is 7.43. The number of thiophene rings is 1. The first-order valence-electron chi connectivity index (χ1n) is 8.80. The van der Waals surface area contributed by atoms with Crippen molar-refractivity contribution in [3.63, 3.8) is 0 Å². The summed E-state index contributed by atoms with van der Waals surface area (Å²) in [5, 5.41) is 4.89. The van der Waals surface area contributed by atoms with Crippen molar-refractivity contribution in [1.82, 2.24) is 0 Å². The molecule has 27 heavy (non-hydrogen) atoms. The van der Waals surface area contributed by atoms with Crippen molar-refractivity contribution in [3.8, 4) is 11.5 Å². The molecule has 1 aromatic heterocycles. The van der Waals surface area contributed by atoms with Gasteiger partial charge in [-0.3, -0.25) is 4.79 Å². The Bertz CT molecular complexity index is 883. The number of methoxy groups -OCH3 is 1. The number of rotatable bonds is 7. The molecule has 0 saturated carbocycles. The Hall–Kier alpha value is -2.79. The van der Waals surface area contributed by atoms with E-state index in [1.807, 2.05) is 60.0 Å². The van der Waals surface area contributed by atoms with Crippen LogP contribution in [0, 0.1) is 0 Å². The Kier molecular flexibility index (Phi) is 6.14. The van der Waals surface area contributed by atoms with E-state index in [0.29, 0.717) is 17.4 Å². The van der Waals surface area contributed by atoms with Gasteiger partial charge in [0.15, 0.2) is 0 Å². The molecule has 0 bridgehead atoms. The average molecular weight is 381 g/mol. The minimum atomic E-state index is -0.104. The first-order chi connectivity index (χ1) is 13.0. The molecule has 2 aromatic carbocycles. The summed E-state index contributed by atoms with van der Waals surface area (Å²) in [7, 11) is 1.63. The molecule has 4 nitrogen and oxygen atoms in total. The van der Waals surface area contributed by atoms with Gasteiger partial charge in [0, 0.05) is 11.3 Å². The van der Waals surface area contributed by atoms with Crippen LogP contribution in [0.2, 0.25) is 0 Å². The number of ether oxygens (including phenoxy) is 2. The SMILES string of the molecule is COc1ccc(OCc2csc(C(=O)Nc3ccc(C(C)C)cc3)c2)cc1.